The molecule has 0 spiro atoms. The molecular weight excluding hydrogens is 233 g/mol. The average Bonchev–Trinajstić information content (AvgIpc) is 3.14. The zero-order valence-electron chi connectivity index (χ0n) is 10.9. The third-order valence-electron chi connectivity index (χ3n) is 3.42. The Morgan fingerprint density at radius 1 is 1.39 bits per heavy atom. The van der Waals surface area contributed by atoms with Crippen LogP contribution in [0.25, 0.3) is 0 Å². The maximum atomic E-state index is 13.6. The molecule has 18 heavy (non-hydrogen) atoms. The van der Waals surface area contributed by atoms with Gasteiger partial charge in [0.25, 0.3) is 0 Å². The fourth-order valence-corrected chi connectivity index (χ4v) is 2.26. The van der Waals surface area contributed by atoms with E-state index in [1.165, 1.54) is 7.11 Å². The van der Waals surface area contributed by atoms with E-state index in [0.29, 0.717) is 17.6 Å². The van der Waals surface area contributed by atoms with Crippen molar-refractivity contribution in [1.29, 1.82) is 0 Å². The lowest BCUT2D eigenvalue weighted by molar-refractivity contribution is 0.199. The van der Waals surface area contributed by atoms with Crippen LogP contribution in [-0.2, 0) is 4.74 Å². The van der Waals surface area contributed by atoms with Crippen LogP contribution in [0.3, 0.4) is 0 Å². The Morgan fingerprint density at radius 3 is 2.89 bits per heavy atom. The Balaban J connectivity index is 1.82. The molecule has 2 unspecified atom stereocenters. The number of hydrogen-bond acceptors (Lipinski definition) is 3. The van der Waals surface area contributed by atoms with Crippen LogP contribution in [0.5, 0.6) is 5.75 Å². The Bertz CT molecular complexity index is 397. The minimum Gasteiger partial charge on any atom is -0.494 e. The third kappa shape index (κ3) is 3.21. The van der Waals surface area contributed by atoms with Gasteiger partial charge in [0.15, 0.2) is 11.6 Å². The summed E-state index contributed by atoms with van der Waals surface area (Å²) < 4.78 is 23.4. The zero-order chi connectivity index (χ0) is 13.0. The number of hydrogen-bond donors (Lipinski definition) is 1. The molecule has 0 heterocycles. The van der Waals surface area contributed by atoms with Crippen molar-refractivity contribution in [1.82, 2.24) is 5.32 Å². The van der Waals surface area contributed by atoms with Crippen LogP contribution in [0, 0.1) is 11.7 Å². The molecule has 100 valence electrons. The summed E-state index contributed by atoms with van der Waals surface area (Å²) in [5, 5.41) is 3.34. The van der Waals surface area contributed by atoms with Crippen molar-refractivity contribution in [3.05, 3.63) is 29.6 Å². The van der Waals surface area contributed by atoms with Crippen LogP contribution in [0.2, 0.25) is 0 Å². The van der Waals surface area contributed by atoms with Gasteiger partial charge in [-0.3, -0.25) is 0 Å². The van der Waals surface area contributed by atoms with Crippen molar-refractivity contribution in [3.63, 3.8) is 0 Å². The van der Waals surface area contributed by atoms with Gasteiger partial charge in [-0.05, 0) is 42.5 Å². The van der Waals surface area contributed by atoms with Crippen LogP contribution in [0.15, 0.2) is 18.2 Å². The van der Waals surface area contributed by atoms with Crippen molar-refractivity contribution in [3.8, 4) is 5.75 Å². The number of halogens is 1. The van der Waals surface area contributed by atoms with E-state index in [-0.39, 0.29) is 5.82 Å². The second kappa shape index (κ2) is 6.16. The van der Waals surface area contributed by atoms with Gasteiger partial charge in [-0.2, -0.15) is 0 Å². The van der Waals surface area contributed by atoms with Gasteiger partial charge in [-0.15, -0.1) is 0 Å². The van der Waals surface area contributed by atoms with Gasteiger partial charge in [-0.1, -0.05) is 6.07 Å². The molecule has 0 bridgehead atoms. The molecule has 0 radical (unpaired) electrons. The van der Waals surface area contributed by atoms with Crippen molar-refractivity contribution in [2.45, 2.75) is 12.3 Å². The fraction of sp³-hybridized carbons (Fsp3) is 0.571. The molecule has 1 saturated carbocycles. The number of methoxy groups -OCH3 is 2. The van der Waals surface area contributed by atoms with E-state index < -0.39 is 0 Å². The van der Waals surface area contributed by atoms with Gasteiger partial charge in [0.2, 0.25) is 0 Å². The van der Waals surface area contributed by atoms with E-state index in [4.69, 9.17) is 9.47 Å². The van der Waals surface area contributed by atoms with Crippen LogP contribution in [-0.4, -0.2) is 33.9 Å². The highest BCUT2D eigenvalue weighted by molar-refractivity contribution is 5.34. The molecule has 0 aromatic heterocycles. The lowest BCUT2D eigenvalue weighted by Crippen LogP contribution is -2.21. The molecule has 1 aromatic rings. The van der Waals surface area contributed by atoms with Crippen LogP contribution in [0.1, 0.15) is 17.9 Å². The van der Waals surface area contributed by atoms with E-state index in [0.717, 1.165) is 31.7 Å². The van der Waals surface area contributed by atoms with Gasteiger partial charge in [-0.25, -0.2) is 4.39 Å². The molecule has 0 saturated heterocycles. The monoisotopic (exact) mass is 253 g/mol. The van der Waals surface area contributed by atoms with Crippen molar-refractivity contribution in [2.24, 2.45) is 5.92 Å². The van der Waals surface area contributed by atoms with Gasteiger partial charge >= 0.3 is 0 Å². The van der Waals surface area contributed by atoms with Crippen LogP contribution >= 0.6 is 0 Å². The van der Waals surface area contributed by atoms with Crippen molar-refractivity contribution >= 4 is 0 Å². The Hall–Kier alpha value is -1.13. The minimum atomic E-state index is -0.270. The van der Waals surface area contributed by atoms with Gasteiger partial charge in [0.05, 0.1) is 13.7 Å². The molecule has 1 aliphatic carbocycles. The molecule has 2 atom stereocenters. The predicted molar refractivity (Wildman–Crippen MR) is 68.5 cm³/mol. The summed E-state index contributed by atoms with van der Waals surface area (Å²) >= 11 is 0. The quantitative estimate of drug-likeness (QED) is 0.755. The highest BCUT2D eigenvalue weighted by atomic mass is 19.1. The first kappa shape index (κ1) is 13.3. The largest absolute Gasteiger partial charge is 0.494 e. The molecule has 1 fully saturated rings. The van der Waals surface area contributed by atoms with Crippen molar-refractivity contribution < 1.29 is 13.9 Å². The highest BCUT2D eigenvalue weighted by Crippen LogP contribution is 2.47. The van der Waals surface area contributed by atoms with Crippen molar-refractivity contribution in [2.75, 3.05) is 33.9 Å². The summed E-state index contributed by atoms with van der Waals surface area (Å²) in [5.74, 6) is 1.15. The number of nitrogens with one attached hydrogen (secondary N) is 1. The zero-order valence-corrected chi connectivity index (χ0v) is 10.9. The van der Waals surface area contributed by atoms with Gasteiger partial charge in [0.1, 0.15) is 0 Å². The maximum absolute atomic E-state index is 13.6. The number of ether oxygens (including phenoxy) is 2. The molecule has 1 aliphatic rings. The van der Waals surface area contributed by atoms with Gasteiger partial charge in [0, 0.05) is 13.7 Å². The molecule has 4 heteroatoms. The summed E-state index contributed by atoms with van der Waals surface area (Å²) in [6, 6.07) is 5.26. The van der Waals surface area contributed by atoms with E-state index in [2.05, 4.69) is 5.32 Å². The van der Waals surface area contributed by atoms with E-state index in [9.17, 15) is 4.39 Å². The van der Waals surface area contributed by atoms with E-state index in [1.54, 1.807) is 19.2 Å². The summed E-state index contributed by atoms with van der Waals surface area (Å²) in [4.78, 5) is 0. The fourth-order valence-electron chi connectivity index (χ4n) is 2.26. The lowest BCUT2D eigenvalue weighted by atomic mass is 10.1. The number of rotatable bonds is 7. The first-order valence-corrected chi connectivity index (χ1v) is 6.29. The first-order valence-electron chi connectivity index (χ1n) is 6.29. The summed E-state index contributed by atoms with van der Waals surface area (Å²) in [5.41, 5.74) is 1.08. The minimum absolute atomic E-state index is 0.270. The first-order chi connectivity index (χ1) is 8.76. The second-order valence-electron chi connectivity index (χ2n) is 4.69. The molecule has 2 rings (SSSR count). The standard InChI is InChI=1S/C14H20FNO2/c1-17-6-5-16-9-11-7-12(11)10-3-4-14(18-2)13(15)8-10/h3-4,8,11-12,16H,5-7,9H2,1-2H3. The average molecular weight is 253 g/mol. The molecular formula is C14H20FNO2. The SMILES string of the molecule is COCCNCC1CC1c1ccc(OC)c(F)c1. The topological polar surface area (TPSA) is 30.5 Å². The third-order valence-corrected chi connectivity index (χ3v) is 3.42. The van der Waals surface area contributed by atoms with E-state index in [1.807, 2.05) is 6.07 Å². The van der Waals surface area contributed by atoms with Crippen LogP contribution < -0.4 is 10.1 Å². The maximum Gasteiger partial charge on any atom is 0.165 e. The molecule has 1 aromatic carbocycles. The Labute approximate surface area is 107 Å². The summed E-state index contributed by atoms with van der Waals surface area (Å²) in [7, 11) is 3.18. The lowest BCUT2D eigenvalue weighted by Gasteiger charge is -2.06. The van der Waals surface area contributed by atoms with E-state index >= 15 is 0 Å². The molecule has 0 amide bonds. The van der Waals surface area contributed by atoms with Gasteiger partial charge < -0.3 is 14.8 Å². The smallest absolute Gasteiger partial charge is 0.165 e. The normalized spacial score (nSPS) is 21.9. The predicted octanol–water partition coefficient (Wildman–Crippen LogP) is 2.17. The second-order valence-corrected chi connectivity index (χ2v) is 4.69. The molecule has 0 aliphatic heterocycles. The molecule has 1 N–H and O–H groups in total. The molecule has 3 nitrogen and oxygen atoms in total. The Morgan fingerprint density at radius 2 is 2.22 bits per heavy atom. The Kier molecular flexibility index (Phi) is 4.55. The summed E-state index contributed by atoms with van der Waals surface area (Å²) in [6.07, 6.45) is 1.13. The highest BCUT2D eigenvalue weighted by Gasteiger charge is 2.37. The summed E-state index contributed by atoms with van der Waals surface area (Å²) in [6.45, 7) is 2.58. The van der Waals surface area contributed by atoms with Crippen LogP contribution in [0.4, 0.5) is 4.39 Å². The number of benzene rings is 1.